The van der Waals surface area contributed by atoms with Crippen LogP contribution >= 0.6 is 0 Å². The van der Waals surface area contributed by atoms with E-state index in [1.54, 1.807) is 12.2 Å². The lowest BCUT2D eigenvalue weighted by Crippen LogP contribution is -2.34. The van der Waals surface area contributed by atoms with Gasteiger partial charge < -0.3 is 15.2 Å². The van der Waals surface area contributed by atoms with Gasteiger partial charge in [0.2, 0.25) is 5.91 Å². The molecule has 16 heavy (non-hydrogen) atoms. The first-order valence-electron chi connectivity index (χ1n) is 5.19. The van der Waals surface area contributed by atoms with Crippen molar-refractivity contribution in [2.24, 2.45) is 11.1 Å². The Morgan fingerprint density at radius 1 is 1.25 bits per heavy atom. The maximum Gasteiger partial charge on any atom is 0.218 e. The van der Waals surface area contributed by atoms with E-state index in [1.807, 2.05) is 6.92 Å². The van der Waals surface area contributed by atoms with E-state index in [1.165, 1.54) is 0 Å². The molecule has 4 nitrogen and oxygen atoms in total. The largest absolute Gasteiger partial charge is 0.377 e. The van der Waals surface area contributed by atoms with Crippen LogP contribution in [0.5, 0.6) is 0 Å². The number of hydrogen-bond donors (Lipinski definition) is 1. The lowest BCUT2D eigenvalue weighted by Gasteiger charge is -2.27. The van der Waals surface area contributed by atoms with Crippen LogP contribution in [0.2, 0.25) is 0 Å². The molecule has 0 aromatic carbocycles. The minimum Gasteiger partial charge on any atom is -0.377 e. The van der Waals surface area contributed by atoms with Gasteiger partial charge in [-0.3, -0.25) is 4.79 Å². The maximum absolute atomic E-state index is 11.0. The van der Waals surface area contributed by atoms with Gasteiger partial charge in [0.15, 0.2) is 0 Å². The van der Waals surface area contributed by atoms with Crippen molar-refractivity contribution in [2.45, 2.75) is 13.3 Å². The number of nitrogens with two attached hydrogens (primary N) is 1. The summed E-state index contributed by atoms with van der Waals surface area (Å²) in [6.07, 6.45) is 3.56. The molecule has 0 bridgehead atoms. The minimum absolute atomic E-state index is 0.237. The number of carbonyl (C=O) groups excluding carboxylic acids is 1. The molecular formula is C12H21NO3. The number of ether oxygens (including phenoxy) is 2. The number of carbonyl (C=O) groups is 1. The Morgan fingerprint density at radius 3 is 2.00 bits per heavy atom. The topological polar surface area (TPSA) is 61.6 Å². The summed E-state index contributed by atoms with van der Waals surface area (Å²) in [5.74, 6) is -0.355. The van der Waals surface area contributed by atoms with Gasteiger partial charge in [-0.15, -0.1) is 13.2 Å². The van der Waals surface area contributed by atoms with E-state index >= 15 is 0 Å². The molecule has 0 aromatic heterocycles. The Morgan fingerprint density at radius 2 is 1.69 bits per heavy atom. The molecule has 92 valence electrons. The average molecular weight is 227 g/mol. The summed E-state index contributed by atoms with van der Waals surface area (Å²) >= 11 is 0. The molecule has 0 aromatic rings. The van der Waals surface area contributed by atoms with Crippen LogP contribution in [0.25, 0.3) is 0 Å². The molecule has 4 heteroatoms. The summed E-state index contributed by atoms with van der Waals surface area (Å²) in [6, 6.07) is 0. The first kappa shape index (κ1) is 14.9. The Kier molecular flexibility index (Phi) is 7.50. The molecule has 0 saturated heterocycles. The SMILES string of the molecule is C=CCOCC(C)(COCC=C)CC(N)=O. The Labute approximate surface area is 97.1 Å². The zero-order valence-corrected chi connectivity index (χ0v) is 9.91. The van der Waals surface area contributed by atoms with Gasteiger partial charge >= 0.3 is 0 Å². The second-order valence-electron chi connectivity index (χ2n) is 4.06. The summed E-state index contributed by atoms with van der Waals surface area (Å²) in [5.41, 5.74) is 4.81. The smallest absolute Gasteiger partial charge is 0.218 e. The van der Waals surface area contributed by atoms with Gasteiger partial charge in [0.05, 0.1) is 26.4 Å². The monoisotopic (exact) mass is 227 g/mol. The van der Waals surface area contributed by atoms with E-state index in [2.05, 4.69) is 13.2 Å². The predicted molar refractivity (Wildman–Crippen MR) is 64.0 cm³/mol. The molecule has 0 aliphatic heterocycles. The van der Waals surface area contributed by atoms with Gasteiger partial charge in [-0.25, -0.2) is 0 Å². The van der Waals surface area contributed by atoms with Gasteiger partial charge in [0.25, 0.3) is 0 Å². The van der Waals surface area contributed by atoms with Crippen LogP contribution < -0.4 is 5.73 Å². The third-order valence-electron chi connectivity index (χ3n) is 1.97. The van der Waals surface area contributed by atoms with E-state index in [-0.39, 0.29) is 12.3 Å². The summed E-state index contributed by atoms with van der Waals surface area (Å²) in [7, 11) is 0. The van der Waals surface area contributed by atoms with E-state index in [0.717, 1.165) is 0 Å². The molecule has 1 amide bonds. The second kappa shape index (κ2) is 8.07. The van der Waals surface area contributed by atoms with Crippen molar-refractivity contribution in [3.63, 3.8) is 0 Å². The van der Waals surface area contributed by atoms with Crippen LogP contribution in [-0.4, -0.2) is 32.3 Å². The van der Waals surface area contributed by atoms with Gasteiger partial charge in [0, 0.05) is 11.8 Å². The Balaban J connectivity index is 4.16. The van der Waals surface area contributed by atoms with Crippen LogP contribution in [-0.2, 0) is 14.3 Å². The van der Waals surface area contributed by atoms with E-state index in [0.29, 0.717) is 26.4 Å². The summed E-state index contributed by atoms with van der Waals surface area (Å²) in [6.45, 7) is 10.8. The first-order chi connectivity index (χ1) is 7.54. The quantitative estimate of drug-likeness (QED) is 0.451. The molecule has 0 aliphatic carbocycles. The molecular weight excluding hydrogens is 206 g/mol. The van der Waals surface area contributed by atoms with Crippen molar-refractivity contribution in [1.82, 2.24) is 0 Å². The van der Waals surface area contributed by atoms with Crippen LogP contribution in [0.15, 0.2) is 25.3 Å². The lowest BCUT2D eigenvalue weighted by molar-refractivity contribution is -0.122. The second-order valence-corrected chi connectivity index (χ2v) is 4.06. The maximum atomic E-state index is 11.0. The molecule has 0 fully saturated rings. The van der Waals surface area contributed by atoms with Crippen molar-refractivity contribution < 1.29 is 14.3 Å². The van der Waals surface area contributed by atoms with Gasteiger partial charge in [-0.05, 0) is 0 Å². The van der Waals surface area contributed by atoms with E-state index < -0.39 is 5.41 Å². The fourth-order valence-corrected chi connectivity index (χ4v) is 1.34. The predicted octanol–water partition coefficient (Wildman–Crippen LogP) is 1.27. The minimum atomic E-state index is -0.391. The fourth-order valence-electron chi connectivity index (χ4n) is 1.34. The summed E-state index contributed by atoms with van der Waals surface area (Å²) in [5, 5.41) is 0. The van der Waals surface area contributed by atoms with Crippen LogP contribution in [0.1, 0.15) is 13.3 Å². The molecule has 0 saturated carbocycles. The van der Waals surface area contributed by atoms with Gasteiger partial charge in [-0.1, -0.05) is 19.1 Å². The molecule has 0 unspecified atom stereocenters. The molecule has 0 aliphatic rings. The van der Waals surface area contributed by atoms with Crippen LogP contribution in [0.3, 0.4) is 0 Å². The third kappa shape index (κ3) is 7.20. The third-order valence-corrected chi connectivity index (χ3v) is 1.97. The van der Waals surface area contributed by atoms with E-state index in [9.17, 15) is 4.79 Å². The number of amides is 1. The zero-order chi connectivity index (χ0) is 12.4. The Hall–Kier alpha value is -1.13. The number of hydrogen-bond acceptors (Lipinski definition) is 3. The molecule has 0 radical (unpaired) electrons. The first-order valence-corrected chi connectivity index (χ1v) is 5.19. The van der Waals surface area contributed by atoms with Crippen molar-refractivity contribution in [3.8, 4) is 0 Å². The summed E-state index contributed by atoms with van der Waals surface area (Å²) < 4.78 is 10.7. The molecule has 0 rings (SSSR count). The number of primary amides is 1. The standard InChI is InChI=1S/C12H21NO3/c1-4-6-15-9-12(3,8-11(13)14)10-16-7-5-2/h4-5H,1-2,6-10H2,3H3,(H2,13,14). The summed E-state index contributed by atoms with van der Waals surface area (Å²) in [4.78, 5) is 11.0. The highest BCUT2D eigenvalue weighted by molar-refractivity contribution is 5.74. The molecule has 0 spiro atoms. The molecule has 0 atom stereocenters. The number of rotatable bonds is 10. The van der Waals surface area contributed by atoms with Crippen LogP contribution in [0.4, 0.5) is 0 Å². The van der Waals surface area contributed by atoms with Crippen molar-refractivity contribution in [1.29, 1.82) is 0 Å². The lowest BCUT2D eigenvalue weighted by atomic mass is 9.88. The van der Waals surface area contributed by atoms with Crippen molar-refractivity contribution in [2.75, 3.05) is 26.4 Å². The zero-order valence-electron chi connectivity index (χ0n) is 9.91. The normalized spacial score (nSPS) is 11.1. The molecule has 2 N–H and O–H groups in total. The Bertz CT molecular complexity index is 224. The van der Waals surface area contributed by atoms with Crippen molar-refractivity contribution >= 4 is 5.91 Å². The highest BCUT2D eigenvalue weighted by Gasteiger charge is 2.27. The highest BCUT2D eigenvalue weighted by atomic mass is 16.5. The highest BCUT2D eigenvalue weighted by Crippen LogP contribution is 2.22. The average Bonchev–Trinajstić information content (AvgIpc) is 2.17. The van der Waals surface area contributed by atoms with Crippen molar-refractivity contribution in [3.05, 3.63) is 25.3 Å². The fraction of sp³-hybridized carbons (Fsp3) is 0.583. The van der Waals surface area contributed by atoms with Gasteiger partial charge in [0.1, 0.15) is 0 Å². The van der Waals surface area contributed by atoms with E-state index in [4.69, 9.17) is 15.2 Å². The van der Waals surface area contributed by atoms with Gasteiger partial charge in [-0.2, -0.15) is 0 Å². The molecule has 0 heterocycles. The van der Waals surface area contributed by atoms with Crippen LogP contribution in [0, 0.1) is 5.41 Å².